The third-order valence-electron chi connectivity index (χ3n) is 4.76. The van der Waals surface area contributed by atoms with E-state index in [1.54, 1.807) is 30.3 Å². The van der Waals surface area contributed by atoms with Gasteiger partial charge in [-0.05, 0) is 23.8 Å². The summed E-state index contributed by atoms with van der Waals surface area (Å²) in [7, 11) is 0. The van der Waals surface area contributed by atoms with Gasteiger partial charge in [0.05, 0.1) is 18.2 Å². The topological polar surface area (TPSA) is 58.6 Å². The molecule has 0 radical (unpaired) electrons. The van der Waals surface area contributed by atoms with Crippen molar-refractivity contribution in [1.29, 1.82) is 0 Å². The number of hydrogen-bond donors (Lipinski definition) is 1. The minimum absolute atomic E-state index is 0.0718. The zero-order valence-electron chi connectivity index (χ0n) is 14.0. The smallest absolute Gasteiger partial charge is 0.414 e. The number of carbonyl (C=O) groups excluding carboxylic acids is 2. The molecule has 2 aliphatic rings. The maximum Gasteiger partial charge on any atom is 0.414 e. The molecule has 5 nitrogen and oxygen atoms in total. The molecule has 1 N–H and O–H groups in total. The molecule has 1 saturated heterocycles. The van der Waals surface area contributed by atoms with Crippen molar-refractivity contribution in [3.63, 3.8) is 0 Å². The summed E-state index contributed by atoms with van der Waals surface area (Å²) in [4.78, 5) is 25.1. The van der Waals surface area contributed by atoms with Crippen molar-refractivity contribution in [1.82, 2.24) is 0 Å². The fraction of sp³-hybridized carbons (Fsp3) is 0.263. The van der Waals surface area contributed by atoms with Gasteiger partial charge >= 0.3 is 6.09 Å². The number of halogens is 3. The predicted octanol–water partition coefficient (Wildman–Crippen LogP) is 3.77. The van der Waals surface area contributed by atoms with Crippen molar-refractivity contribution >= 4 is 23.4 Å². The highest BCUT2D eigenvalue weighted by Gasteiger charge is 2.72. The lowest BCUT2D eigenvalue weighted by atomic mass is 10.1. The van der Waals surface area contributed by atoms with Crippen LogP contribution in [0.1, 0.15) is 11.5 Å². The number of anilines is 2. The summed E-state index contributed by atoms with van der Waals surface area (Å²) >= 11 is 0. The summed E-state index contributed by atoms with van der Waals surface area (Å²) in [6, 6.07) is 11.7. The molecular weight excluding hydrogens is 361 g/mol. The van der Waals surface area contributed by atoms with Gasteiger partial charge < -0.3 is 10.1 Å². The first-order valence-electron chi connectivity index (χ1n) is 8.37. The molecule has 1 saturated carbocycles. The van der Waals surface area contributed by atoms with Crippen molar-refractivity contribution in [3.05, 3.63) is 59.9 Å². The number of ether oxygens (including phenoxy) is 1. The first-order chi connectivity index (χ1) is 12.9. The molecule has 0 bridgehead atoms. The summed E-state index contributed by atoms with van der Waals surface area (Å²) < 4.78 is 47.1. The highest BCUT2D eigenvalue weighted by molar-refractivity contribution is 5.98. The van der Waals surface area contributed by atoms with Gasteiger partial charge in [0, 0.05) is 5.69 Å². The Morgan fingerprint density at radius 3 is 2.59 bits per heavy atom. The Balaban J connectivity index is 1.53. The molecule has 2 fully saturated rings. The van der Waals surface area contributed by atoms with Crippen LogP contribution in [0, 0.1) is 11.7 Å². The Kier molecular flexibility index (Phi) is 4.05. The molecule has 27 heavy (non-hydrogen) atoms. The molecule has 0 aromatic heterocycles. The molecule has 2 atom stereocenters. The average molecular weight is 376 g/mol. The molecule has 1 aliphatic carbocycles. The van der Waals surface area contributed by atoms with E-state index >= 15 is 0 Å². The number of nitrogens with zero attached hydrogens (tertiary/aromatic N) is 1. The number of benzene rings is 2. The first kappa shape index (κ1) is 17.4. The van der Waals surface area contributed by atoms with Crippen molar-refractivity contribution in [2.24, 2.45) is 5.92 Å². The van der Waals surface area contributed by atoms with Gasteiger partial charge in [0.2, 0.25) is 5.91 Å². The van der Waals surface area contributed by atoms with E-state index in [0.29, 0.717) is 5.56 Å². The van der Waals surface area contributed by atoms with Crippen LogP contribution in [0.3, 0.4) is 0 Å². The van der Waals surface area contributed by atoms with Crippen LogP contribution in [0.2, 0.25) is 0 Å². The fourth-order valence-electron chi connectivity index (χ4n) is 3.36. The van der Waals surface area contributed by atoms with Crippen LogP contribution in [0.15, 0.2) is 48.5 Å². The maximum absolute atomic E-state index is 14.1. The lowest BCUT2D eigenvalue weighted by molar-refractivity contribution is -0.119. The highest BCUT2D eigenvalue weighted by atomic mass is 19.3. The molecular formula is C19H15F3N2O3. The number of hydrogen-bond acceptors (Lipinski definition) is 3. The van der Waals surface area contributed by atoms with Crippen LogP contribution < -0.4 is 10.2 Å². The van der Waals surface area contributed by atoms with Gasteiger partial charge in [-0.25, -0.2) is 18.0 Å². The number of cyclic esters (lactones) is 1. The largest absolute Gasteiger partial charge is 0.447 e. The van der Waals surface area contributed by atoms with E-state index in [9.17, 15) is 22.8 Å². The lowest BCUT2D eigenvalue weighted by Crippen LogP contribution is -2.25. The Bertz CT molecular complexity index is 904. The van der Waals surface area contributed by atoms with Crippen LogP contribution in [0.4, 0.5) is 29.3 Å². The van der Waals surface area contributed by atoms with Gasteiger partial charge in [0.25, 0.3) is 5.92 Å². The summed E-state index contributed by atoms with van der Waals surface area (Å²) in [5, 5.41) is 2.40. The molecule has 2 aromatic rings. The van der Waals surface area contributed by atoms with Crippen LogP contribution in [0.5, 0.6) is 0 Å². The summed E-state index contributed by atoms with van der Waals surface area (Å²) in [6.45, 7) is 0.297. The molecule has 1 aliphatic heterocycles. The number of nitrogens with one attached hydrogen (secondary N) is 1. The van der Waals surface area contributed by atoms with E-state index in [2.05, 4.69) is 5.32 Å². The SMILES string of the molecule is O=C(Nc1ccc(F)c(N2CCOC2=O)c1)[C@@H]1[C@@H](c2ccccc2)C1(F)F. The van der Waals surface area contributed by atoms with E-state index in [1.807, 2.05) is 0 Å². The fourth-order valence-corrected chi connectivity index (χ4v) is 3.36. The van der Waals surface area contributed by atoms with Gasteiger partial charge in [-0.15, -0.1) is 0 Å². The van der Waals surface area contributed by atoms with Crippen molar-refractivity contribution in [2.45, 2.75) is 11.8 Å². The van der Waals surface area contributed by atoms with E-state index in [4.69, 9.17) is 4.74 Å². The van der Waals surface area contributed by atoms with Crippen molar-refractivity contribution < 1.29 is 27.5 Å². The van der Waals surface area contributed by atoms with Crippen LogP contribution in [0.25, 0.3) is 0 Å². The van der Waals surface area contributed by atoms with Gasteiger partial charge in [0.15, 0.2) is 0 Å². The lowest BCUT2D eigenvalue weighted by Gasteiger charge is -2.15. The minimum atomic E-state index is -3.15. The maximum atomic E-state index is 14.1. The number of rotatable bonds is 4. The zero-order valence-corrected chi connectivity index (χ0v) is 14.0. The second-order valence-electron chi connectivity index (χ2n) is 6.46. The summed E-state index contributed by atoms with van der Waals surface area (Å²) in [5.41, 5.74) is 0.449. The highest BCUT2D eigenvalue weighted by Crippen LogP contribution is 2.61. The minimum Gasteiger partial charge on any atom is -0.447 e. The summed E-state index contributed by atoms with van der Waals surface area (Å²) in [5.74, 6) is -7.36. The van der Waals surface area contributed by atoms with Gasteiger partial charge in [-0.1, -0.05) is 30.3 Å². The van der Waals surface area contributed by atoms with E-state index in [0.717, 1.165) is 11.0 Å². The Morgan fingerprint density at radius 2 is 1.93 bits per heavy atom. The first-order valence-corrected chi connectivity index (χ1v) is 8.37. The number of carbonyl (C=O) groups is 2. The second-order valence-corrected chi connectivity index (χ2v) is 6.46. The molecule has 1 heterocycles. The quantitative estimate of drug-likeness (QED) is 0.884. The van der Waals surface area contributed by atoms with Gasteiger partial charge in [-0.3, -0.25) is 9.69 Å². The van der Waals surface area contributed by atoms with E-state index in [-0.39, 0.29) is 24.5 Å². The van der Waals surface area contributed by atoms with Crippen molar-refractivity contribution in [2.75, 3.05) is 23.4 Å². The molecule has 0 spiro atoms. The molecule has 140 valence electrons. The van der Waals surface area contributed by atoms with E-state index < -0.39 is 35.6 Å². The Hall–Kier alpha value is -3.03. The molecule has 2 amide bonds. The van der Waals surface area contributed by atoms with Gasteiger partial charge in [0.1, 0.15) is 18.3 Å². The Labute approximate surface area is 152 Å². The molecule has 2 aromatic carbocycles. The molecule has 4 rings (SSSR count). The molecule has 0 unspecified atom stereocenters. The molecule has 8 heteroatoms. The monoisotopic (exact) mass is 376 g/mol. The average Bonchev–Trinajstić information content (AvgIpc) is 2.98. The third kappa shape index (κ3) is 3.01. The Morgan fingerprint density at radius 1 is 1.19 bits per heavy atom. The number of amides is 2. The van der Waals surface area contributed by atoms with E-state index in [1.165, 1.54) is 12.1 Å². The number of alkyl halides is 2. The predicted molar refractivity (Wildman–Crippen MR) is 91.3 cm³/mol. The van der Waals surface area contributed by atoms with Crippen LogP contribution in [-0.4, -0.2) is 31.1 Å². The zero-order chi connectivity index (χ0) is 19.2. The van der Waals surface area contributed by atoms with Crippen LogP contribution >= 0.6 is 0 Å². The van der Waals surface area contributed by atoms with Gasteiger partial charge in [-0.2, -0.15) is 0 Å². The normalized spacial score (nSPS) is 23.1. The van der Waals surface area contributed by atoms with Crippen LogP contribution in [-0.2, 0) is 9.53 Å². The summed E-state index contributed by atoms with van der Waals surface area (Å²) in [6.07, 6.45) is -0.699. The standard InChI is InChI=1S/C19H15F3N2O3/c20-13-7-6-12(10-14(13)24-8-9-27-18(24)26)23-17(25)16-15(19(16,21)22)11-4-2-1-3-5-11/h1-7,10,15-16H,8-9H2,(H,23,25)/t15-,16+/m1/s1. The second kappa shape index (κ2) is 6.29. The van der Waals surface area contributed by atoms with Crippen molar-refractivity contribution in [3.8, 4) is 0 Å². The third-order valence-corrected chi connectivity index (χ3v) is 4.76.